The zero-order valence-electron chi connectivity index (χ0n) is 10.3. The molecule has 0 radical (unpaired) electrons. The first-order chi connectivity index (χ1) is 8.65. The van der Waals surface area contributed by atoms with Crippen molar-refractivity contribution in [3.05, 3.63) is 59.7 Å². The molecule has 0 saturated heterocycles. The quantitative estimate of drug-likeness (QED) is 0.653. The summed E-state index contributed by atoms with van der Waals surface area (Å²) in [6, 6.07) is 15.7. The second-order valence-corrected chi connectivity index (χ2v) is 5.40. The Morgan fingerprint density at radius 1 is 1.06 bits per heavy atom. The highest BCUT2D eigenvalue weighted by atomic mass is 32.2. The van der Waals surface area contributed by atoms with Crippen molar-refractivity contribution in [1.29, 1.82) is 0 Å². The molecular weight excluding hydrogens is 242 g/mol. The summed E-state index contributed by atoms with van der Waals surface area (Å²) < 4.78 is 0. The van der Waals surface area contributed by atoms with Gasteiger partial charge >= 0.3 is 0 Å². The van der Waals surface area contributed by atoms with E-state index in [4.69, 9.17) is 5.73 Å². The van der Waals surface area contributed by atoms with E-state index in [1.165, 1.54) is 10.5 Å². The van der Waals surface area contributed by atoms with E-state index in [0.29, 0.717) is 5.75 Å². The molecule has 0 aliphatic heterocycles. The van der Waals surface area contributed by atoms with Gasteiger partial charge in [0.1, 0.15) is 0 Å². The van der Waals surface area contributed by atoms with Crippen molar-refractivity contribution in [1.82, 2.24) is 0 Å². The van der Waals surface area contributed by atoms with Crippen molar-refractivity contribution in [2.45, 2.75) is 17.9 Å². The van der Waals surface area contributed by atoms with Gasteiger partial charge in [0, 0.05) is 16.3 Å². The first kappa shape index (κ1) is 13.0. The van der Waals surface area contributed by atoms with E-state index in [1.54, 1.807) is 11.8 Å². The molecule has 0 bridgehead atoms. The highest BCUT2D eigenvalue weighted by molar-refractivity contribution is 7.99. The number of thioether (sulfide) groups is 1. The Balaban J connectivity index is 1.93. The zero-order valence-corrected chi connectivity index (χ0v) is 11.2. The molecule has 0 aliphatic carbocycles. The van der Waals surface area contributed by atoms with Gasteiger partial charge in [-0.1, -0.05) is 29.8 Å². The molecule has 0 heterocycles. The lowest BCUT2D eigenvalue weighted by Crippen LogP contribution is -2.00. The van der Waals surface area contributed by atoms with Crippen LogP contribution in [0.15, 0.2) is 53.4 Å². The smallest absolute Gasteiger partial charge is 0.0883 e. The van der Waals surface area contributed by atoms with Crippen LogP contribution in [0.1, 0.15) is 17.2 Å². The standard InChI is InChI=1S/C15H17NOS/c1-11-2-8-14(9-3-11)18-10-15(17)12-4-6-13(16)7-5-12/h2-9,15,17H,10,16H2,1H3. The van der Waals surface area contributed by atoms with Crippen molar-refractivity contribution in [3.8, 4) is 0 Å². The normalized spacial score (nSPS) is 12.3. The molecule has 2 aromatic carbocycles. The molecule has 1 unspecified atom stereocenters. The van der Waals surface area contributed by atoms with E-state index in [9.17, 15) is 5.11 Å². The molecule has 0 aliphatic rings. The number of nitrogen functional groups attached to an aromatic ring is 1. The van der Waals surface area contributed by atoms with Crippen molar-refractivity contribution < 1.29 is 5.11 Å². The minimum Gasteiger partial charge on any atom is -0.399 e. The molecule has 0 fully saturated rings. The third kappa shape index (κ3) is 3.52. The molecular formula is C15H17NOS. The van der Waals surface area contributed by atoms with Gasteiger partial charge < -0.3 is 10.8 Å². The van der Waals surface area contributed by atoms with Crippen LogP contribution in [-0.2, 0) is 0 Å². The second kappa shape index (κ2) is 5.94. The monoisotopic (exact) mass is 259 g/mol. The molecule has 0 aromatic heterocycles. The van der Waals surface area contributed by atoms with E-state index in [1.807, 2.05) is 24.3 Å². The molecule has 0 saturated carbocycles. The van der Waals surface area contributed by atoms with Crippen LogP contribution in [0.4, 0.5) is 5.69 Å². The Hall–Kier alpha value is -1.45. The van der Waals surface area contributed by atoms with E-state index >= 15 is 0 Å². The van der Waals surface area contributed by atoms with Crippen LogP contribution in [0.5, 0.6) is 0 Å². The van der Waals surface area contributed by atoms with Gasteiger partial charge in [-0.25, -0.2) is 0 Å². The van der Waals surface area contributed by atoms with Crippen molar-refractivity contribution in [2.75, 3.05) is 11.5 Å². The number of rotatable bonds is 4. The first-order valence-electron chi connectivity index (χ1n) is 5.88. The minimum atomic E-state index is -0.461. The van der Waals surface area contributed by atoms with E-state index in [0.717, 1.165) is 11.3 Å². The summed E-state index contributed by atoms with van der Waals surface area (Å²) in [6.45, 7) is 2.07. The Morgan fingerprint density at radius 2 is 1.67 bits per heavy atom. The fraction of sp³-hybridized carbons (Fsp3) is 0.200. The predicted octanol–water partition coefficient (Wildman–Crippen LogP) is 3.40. The van der Waals surface area contributed by atoms with Crippen LogP contribution >= 0.6 is 11.8 Å². The fourth-order valence-corrected chi connectivity index (χ4v) is 2.50. The average molecular weight is 259 g/mol. The number of aliphatic hydroxyl groups excluding tert-OH is 1. The molecule has 2 nitrogen and oxygen atoms in total. The topological polar surface area (TPSA) is 46.2 Å². The summed E-state index contributed by atoms with van der Waals surface area (Å²) in [7, 11) is 0. The lowest BCUT2D eigenvalue weighted by atomic mass is 10.1. The third-order valence-corrected chi connectivity index (χ3v) is 3.84. The molecule has 2 aromatic rings. The third-order valence-electron chi connectivity index (χ3n) is 2.75. The van der Waals surface area contributed by atoms with Crippen LogP contribution in [0.25, 0.3) is 0 Å². The summed E-state index contributed by atoms with van der Waals surface area (Å²) in [4.78, 5) is 1.18. The van der Waals surface area contributed by atoms with Crippen LogP contribution in [0, 0.1) is 6.92 Å². The molecule has 18 heavy (non-hydrogen) atoms. The maximum absolute atomic E-state index is 10.1. The Kier molecular flexibility index (Phi) is 4.28. The van der Waals surface area contributed by atoms with Gasteiger partial charge in [0.25, 0.3) is 0 Å². The average Bonchev–Trinajstić information content (AvgIpc) is 2.38. The largest absolute Gasteiger partial charge is 0.399 e. The molecule has 3 N–H and O–H groups in total. The summed E-state index contributed by atoms with van der Waals surface area (Å²) >= 11 is 1.66. The van der Waals surface area contributed by atoms with Gasteiger partial charge in [-0.2, -0.15) is 0 Å². The fourth-order valence-electron chi connectivity index (χ4n) is 1.62. The van der Waals surface area contributed by atoms with Crippen molar-refractivity contribution >= 4 is 17.4 Å². The molecule has 0 amide bonds. The van der Waals surface area contributed by atoms with Crippen LogP contribution in [0.3, 0.4) is 0 Å². The maximum Gasteiger partial charge on any atom is 0.0883 e. The van der Waals surface area contributed by atoms with E-state index in [-0.39, 0.29) is 0 Å². The summed E-state index contributed by atoms with van der Waals surface area (Å²) in [5.74, 6) is 0.646. The SMILES string of the molecule is Cc1ccc(SCC(O)c2ccc(N)cc2)cc1. The Labute approximate surface area is 112 Å². The molecule has 1 atom stereocenters. The van der Waals surface area contributed by atoms with Gasteiger partial charge in [0.05, 0.1) is 6.10 Å². The van der Waals surface area contributed by atoms with Gasteiger partial charge in [-0.05, 0) is 36.8 Å². The number of aryl methyl sites for hydroxylation is 1. The van der Waals surface area contributed by atoms with Crippen molar-refractivity contribution in [2.24, 2.45) is 0 Å². The van der Waals surface area contributed by atoms with E-state index < -0.39 is 6.10 Å². The van der Waals surface area contributed by atoms with Crippen LogP contribution in [0.2, 0.25) is 0 Å². The molecule has 94 valence electrons. The number of hydrogen-bond donors (Lipinski definition) is 2. The lowest BCUT2D eigenvalue weighted by molar-refractivity contribution is 0.204. The van der Waals surface area contributed by atoms with Gasteiger partial charge in [0.2, 0.25) is 0 Å². The van der Waals surface area contributed by atoms with Gasteiger partial charge in [-0.3, -0.25) is 0 Å². The second-order valence-electron chi connectivity index (χ2n) is 4.31. The van der Waals surface area contributed by atoms with Crippen LogP contribution in [-0.4, -0.2) is 10.9 Å². The summed E-state index contributed by atoms with van der Waals surface area (Å²) in [6.07, 6.45) is -0.461. The summed E-state index contributed by atoms with van der Waals surface area (Å²) in [5.41, 5.74) is 8.49. The van der Waals surface area contributed by atoms with Crippen LogP contribution < -0.4 is 5.73 Å². The zero-order chi connectivity index (χ0) is 13.0. The minimum absolute atomic E-state index is 0.461. The maximum atomic E-state index is 10.1. The first-order valence-corrected chi connectivity index (χ1v) is 6.86. The van der Waals surface area contributed by atoms with Gasteiger partial charge in [-0.15, -0.1) is 11.8 Å². The number of aliphatic hydroxyl groups is 1. The molecule has 3 heteroatoms. The van der Waals surface area contributed by atoms with E-state index in [2.05, 4.69) is 31.2 Å². The Bertz CT molecular complexity index is 493. The number of hydrogen-bond acceptors (Lipinski definition) is 3. The summed E-state index contributed by atoms with van der Waals surface area (Å²) in [5, 5.41) is 10.1. The van der Waals surface area contributed by atoms with Gasteiger partial charge in [0.15, 0.2) is 0 Å². The molecule has 0 spiro atoms. The lowest BCUT2D eigenvalue weighted by Gasteiger charge is -2.11. The number of benzene rings is 2. The number of anilines is 1. The highest BCUT2D eigenvalue weighted by Gasteiger charge is 2.07. The van der Waals surface area contributed by atoms with Crippen molar-refractivity contribution in [3.63, 3.8) is 0 Å². The number of nitrogens with two attached hydrogens (primary N) is 1. The molecule has 2 rings (SSSR count). The predicted molar refractivity (Wildman–Crippen MR) is 77.7 cm³/mol. The Morgan fingerprint density at radius 3 is 2.28 bits per heavy atom. The highest BCUT2D eigenvalue weighted by Crippen LogP contribution is 2.25.